The van der Waals surface area contributed by atoms with E-state index in [4.69, 9.17) is 11.6 Å². The van der Waals surface area contributed by atoms with E-state index < -0.39 is 11.7 Å². The van der Waals surface area contributed by atoms with Crippen LogP contribution in [0.4, 0.5) is 13.2 Å². The largest absolute Gasteiger partial charge is 0.416 e. The number of nitrogens with one attached hydrogen (secondary N) is 1. The molecule has 0 atom stereocenters. The van der Waals surface area contributed by atoms with Gasteiger partial charge in [0.1, 0.15) is 0 Å². The standard InChI is InChI=1S/C26H33ClF3N3O2/c27-22-9-20(8-21(10-22)26(28,29)30)16-32-1-3-33(4-2-32)24(35)15-31-23(34)14-25-11-17-5-18(12-25)7-19(6-17)13-25/h8-10,17-19H,1-7,11-16H2,(H,31,34). The molecule has 0 unspecified atom stereocenters. The quantitative estimate of drug-likeness (QED) is 0.601. The van der Waals surface area contributed by atoms with Crippen molar-refractivity contribution in [1.29, 1.82) is 0 Å². The van der Waals surface area contributed by atoms with Crippen LogP contribution in [0.3, 0.4) is 0 Å². The first-order chi connectivity index (χ1) is 16.6. The van der Waals surface area contributed by atoms with Gasteiger partial charge in [-0.2, -0.15) is 13.2 Å². The van der Waals surface area contributed by atoms with E-state index in [1.54, 1.807) is 11.0 Å². The van der Waals surface area contributed by atoms with Gasteiger partial charge in [0.25, 0.3) is 0 Å². The molecule has 1 aromatic carbocycles. The second-order valence-corrected chi connectivity index (χ2v) is 11.8. The van der Waals surface area contributed by atoms with E-state index >= 15 is 0 Å². The molecule has 4 saturated carbocycles. The van der Waals surface area contributed by atoms with Crippen molar-refractivity contribution in [3.8, 4) is 0 Å². The molecule has 35 heavy (non-hydrogen) atoms. The van der Waals surface area contributed by atoms with E-state index in [1.807, 2.05) is 4.90 Å². The zero-order valence-electron chi connectivity index (χ0n) is 19.9. The molecular weight excluding hydrogens is 479 g/mol. The van der Waals surface area contributed by atoms with Crippen LogP contribution in [0.25, 0.3) is 0 Å². The highest BCUT2D eigenvalue weighted by Gasteiger charge is 2.51. The highest BCUT2D eigenvalue weighted by atomic mass is 35.5. The molecule has 0 radical (unpaired) electrons. The minimum atomic E-state index is -4.44. The predicted molar refractivity (Wildman–Crippen MR) is 127 cm³/mol. The fraction of sp³-hybridized carbons (Fsp3) is 0.692. The number of alkyl halides is 3. The van der Waals surface area contributed by atoms with E-state index in [0.29, 0.717) is 44.7 Å². The molecule has 4 aliphatic carbocycles. The summed E-state index contributed by atoms with van der Waals surface area (Å²) in [5.74, 6) is 2.25. The van der Waals surface area contributed by atoms with Gasteiger partial charge in [0.15, 0.2) is 0 Å². The zero-order chi connectivity index (χ0) is 24.8. The summed E-state index contributed by atoms with van der Waals surface area (Å²) in [5.41, 5.74) is -0.0977. The number of benzene rings is 1. The van der Waals surface area contributed by atoms with Crippen LogP contribution in [0.15, 0.2) is 18.2 Å². The molecule has 1 saturated heterocycles. The molecule has 1 N–H and O–H groups in total. The van der Waals surface area contributed by atoms with Crippen molar-refractivity contribution in [3.05, 3.63) is 34.3 Å². The van der Waals surface area contributed by atoms with Crippen molar-refractivity contribution < 1.29 is 22.8 Å². The maximum Gasteiger partial charge on any atom is 0.416 e. The number of nitrogens with zero attached hydrogens (tertiary/aromatic N) is 2. The number of hydrogen-bond donors (Lipinski definition) is 1. The lowest BCUT2D eigenvalue weighted by Crippen LogP contribution is -2.51. The number of carbonyl (C=O) groups is 2. The molecule has 6 rings (SSSR count). The number of carbonyl (C=O) groups excluding carboxylic acids is 2. The molecule has 1 heterocycles. The Bertz CT molecular complexity index is 940. The van der Waals surface area contributed by atoms with Gasteiger partial charge in [-0.15, -0.1) is 0 Å². The molecule has 9 heteroatoms. The topological polar surface area (TPSA) is 52.7 Å². The molecule has 1 aliphatic heterocycles. The molecule has 0 aromatic heterocycles. The lowest BCUT2D eigenvalue weighted by Gasteiger charge is -2.56. The molecule has 2 amide bonds. The van der Waals surface area contributed by atoms with Gasteiger partial charge < -0.3 is 10.2 Å². The van der Waals surface area contributed by atoms with Crippen LogP contribution in [0, 0.1) is 23.2 Å². The van der Waals surface area contributed by atoms with Gasteiger partial charge in [0.2, 0.25) is 11.8 Å². The highest BCUT2D eigenvalue weighted by molar-refractivity contribution is 6.30. The van der Waals surface area contributed by atoms with E-state index in [0.717, 1.165) is 29.9 Å². The molecule has 5 nitrogen and oxygen atoms in total. The minimum absolute atomic E-state index is 0.00837. The smallest absolute Gasteiger partial charge is 0.347 e. The van der Waals surface area contributed by atoms with E-state index in [1.165, 1.54) is 38.5 Å². The van der Waals surface area contributed by atoms with Crippen LogP contribution in [-0.2, 0) is 22.3 Å². The summed E-state index contributed by atoms with van der Waals surface area (Å²) >= 11 is 5.89. The second-order valence-electron chi connectivity index (χ2n) is 11.4. The fourth-order valence-corrected chi connectivity index (χ4v) is 7.77. The molecule has 5 aliphatic rings. The number of hydrogen-bond acceptors (Lipinski definition) is 3. The Morgan fingerprint density at radius 1 is 0.971 bits per heavy atom. The van der Waals surface area contributed by atoms with Gasteiger partial charge in [-0.3, -0.25) is 14.5 Å². The normalized spacial score (nSPS) is 30.5. The summed E-state index contributed by atoms with van der Waals surface area (Å²) in [4.78, 5) is 29.1. The van der Waals surface area contributed by atoms with Crippen LogP contribution >= 0.6 is 11.6 Å². The number of rotatable bonds is 6. The summed E-state index contributed by atoms with van der Waals surface area (Å²) < 4.78 is 39.2. The van der Waals surface area contributed by atoms with Gasteiger partial charge in [-0.25, -0.2) is 0 Å². The number of amides is 2. The van der Waals surface area contributed by atoms with Crippen molar-refractivity contribution in [2.45, 2.75) is 57.7 Å². The third kappa shape index (κ3) is 5.79. The van der Waals surface area contributed by atoms with Gasteiger partial charge >= 0.3 is 6.18 Å². The minimum Gasteiger partial charge on any atom is -0.347 e. The molecule has 5 fully saturated rings. The SMILES string of the molecule is O=C(CC12CC3CC(CC(C3)C1)C2)NCC(=O)N1CCN(Cc2cc(Cl)cc(C(F)(F)F)c2)CC1. The Labute approximate surface area is 209 Å². The lowest BCUT2D eigenvalue weighted by molar-refractivity contribution is -0.137. The molecule has 192 valence electrons. The molecular formula is C26H33ClF3N3O2. The molecule has 1 aromatic rings. The maximum atomic E-state index is 13.1. The van der Waals surface area contributed by atoms with Crippen molar-refractivity contribution in [1.82, 2.24) is 15.1 Å². The average Bonchev–Trinajstić information content (AvgIpc) is 2.76. The van der Waals surface area contributed by atoms with Gasteiger partial charge in [-0.1, -0.05) is 11.6 Å². The first kappa shape index (κ1) is 24.9. The second kappa shape index (κ2) is 9.58. The van der Waals surface area contributed by atoms with Crippen molar-refractivity contribution in [2.24, 2.45) is 23.2 Å². The Morgan fingerprint density at radius 3 is 2.14 bits per heavy atom. The van der Waals surface area contributed by atoms with E-state index in [2.05, 4.69) is 5.32 Å². The van der Waals surface area contributed by atoms with Gasteiger partial charge in [-0.05, 0) is 85.5 Å². The summed E-state index contributed by atoms with van der Waals surface area (Å²) in [6.45, 7) is 2.43. The van der Waals surface area contributed by atoms with Crippen molar-refractivity contribution in [3.63, 3.8) is 0 Å². The monoisotopic (exact) mass is 511 g/mol. The summed E-state index contributed by atoms with van der Waals surface area (Å²) in [5, 5.41) is 2.93. The van der Waals surface area contributed by atoms with E-state index in [9.17, 15) is 22.8 Å². The first-order valence-corrected chi connectivity index (χ1v) is 13.1. The Kier molecular flexibility index (Phi) is 6.81. The predicted octanol–water partition coefficient (Wildman–Crippen LogP) is 4.73. The van der Waals surface area contributed by atoms with Gasteiger partial charge in [0, 0.05) is 44.2 Å². The average molecular weight is 512 g/mol. The summed E-state index contributed by atoms with van der Waals surface area (Å²) in [6, 6.07) is 3.61. The van der Waals surface area contributed by atoms with E-state index in [-0.39, 0.29) is 28.8 Å². The maximum absolute atomic E-state index is 13.1. The number of halogens is 4. The van der Waals surface area contributed by atoms with Crippen molar-refractivity contribution >= 4 is 23.4 Å². The molecule has 4 bridgehead atoms. The lowest BCUT2D eigenvalue weighted by atomic mass is 9.49. The summed E-state index contributed by atoms with van der Waals surface area (Å²) in [6.07, 6.45) is 3.62. The summed E-state index contributed by atoms with van der Waals surface area (Å²) in [7, 11) is 0. The third-order valence-electron chi connectivity index (χ3n) is 8.55. The fourth-order valence-electron chi connectivity index (χ4n) is 7.51. The highest BCUT2D eigenvalue weighted by Crippen LogP contribution is 2.61. The zero-order valence-corrected chi connectivity index (χ0v) is 20.6. The van der Waals surface area contributed by atoms with Crippen LogP contribution in [-0.4, -0.2) is 54.3 Å². The Balaban J connectivity index is 1.06. The first-order valence-electron chi connectivity index (χ1n) is 12.7. The molecule has 0 spiro atoms. The van der Waals surface area contributed by atoms with Crippen molar-refractivity contribution in [2.75, 3.05) is 32.7 Å². The third-order valence-corrected chi connectivity index (χ3v) is 8.77. The van der Waals surface area contributed by atoms with Crippen LogP contribution in [0.2, 0.25) is 5.02 Å². The van der Waals surface area contributed by atoms with Crippen LogP contribution < -0.4 is 5.32 Å². The van der Waals surface area contributed by atoms with Crippen LogP contribution in [0.1, 0.15) is 56.1 Å². The van der Waals surface area contributed by atoms with Gasteiger partial charge in [0.05, 0.1) is 12.1 Å². The number of piperazine rings is 1. The van der Waals surface area contributed by atoms with Crippen LogP contribution in [0.5, 0.6) is 0 Å². The Morgan fingerprint density at radius 2 is 1.57 bits per heavy atom. The Hall–Kier alpha value is -1.80.